The van der Waals surface area contributed by atoms with E-state index in [1.54, 1.807) is 10.6 Å². The number of hydrogen-bond donors (Lipinski definition) is 0. The van der Waals surface area contributed by atoms with Gasteiger partial charge in [0.2, 0.25) is 5.82 Å². The van der Waals surface area contributed by atoms with Crippen molar-refractivity contribution in [3.8, 4) is 0 Å². The number of thiazole rings is 1. The van der Waals surface area contributed by atoms with Gasteiger partial charge in [0.15, 0.2) is 0 Å². The second-order valence-electron chi connectivity index (χ2n) is 7.15. The minimum absolute atomic E-state index is 0.150. The first-order valence-electron chi connectivity index (χ1n) is 8.05. The zero-order valence-electron chi connectivity index (χ0n) is 12.2. The summed E-state index contributed by atoms with van der Waals surface area (Å²) in [7, 11) is 0. The van der Waals surface area contributed by atoms with Crippen molar-refractivity contribution in [1.29, 1.82) is 0 Å². The predicted octanol–water partition coefficient (Wildman–Crippen LogP) is 3.32. The Bertz CT molecular complexity index is 740. The minimum atomic E-state index is -0.266. The van der Waals surface area contributed by atoms with Crippen LogP contribution in [0.15, 0.2) is 11.6 Å². The number of nitro groups is 1. The average Bonchev–Trinajstić information content (AvgIpc) is 2.97. The molecule has 2 aromatic rings. The molecule has 6 rings (SSSR count). The summed E-state index contributed by atoms with van der Waals surface area (Å²) >= 11 is 1.46. The monoisotopic (exact) mass is 318 g/mol. The molecular weight excluding hydrogens is 300 g/mol. The molecule has 4 heterocycles. The van der Waals surface area contributed by atoms with Crippen LogP contribution in [-0.4, -0.2) is 26.9 Å². The molecule has 0 amide bonds. The van der Waals surface area contributed by atoms with Crippen LogP contribution in [0.4, 0.5) is 11.6 Å². The molecule has 2 aliphatic carbocycles. The summed E-state index contributed by atoms with van der Waals surface area (Å²) in [5, 5.41) is 13.5. The van der Waals surface area contributed by atoms with E-state index in [0.29, 0.717) is 17.8 Å². The van der Waals surface area contributed by atoms with Crippen LogP contribution in [0.25, 0.3) is 4.96 Å². The maximum Gasteiger partial charge on any atom is 0.373 e. The van der Waals surface area contributed by atoms with E-state index in [1.165, 1.54) is 43.4 Å². The van der Waals surface area contributed by atoms with Gasteiger partial charge in [-0.2, -0.15) is 9.38 Å². The summed E-state index contributed by atoms with van der Waals surface area (Å²) in [6, 6.07) is 0.444. The number of rotatable bonds is 2. The molecule has 2 aromatic heterocycles. The van der Waals surface area contributed by atoms with Crippen LogP contribution in [0.3, 0.4) is 0 Å². The van der Waals surface area contributed by atoms with Gasteiger partial charge in [-0.25, -0.2) is 0 Å². The zero-order chi connectivity index (χ0) is 14.8. The number of fused-ring (bicyclic) bond motifs is 2. The first kappa shape index (κ1) is 12.9. The van der Waals surface area contributed by atoms with Gasteiger partial charge in [-0.3, -0.25) is 0 Å². The average molecular weight is 318 g/mol. The molecule has 0 radical (unpaired) electrons. The highest BCUT2D eigenvalue weighted by molar-refractivity contribution is 7.15. The van der Waals surface area contributed by atoms with Gasteiger partial charge in [-0.1, -0.05) is 11.3 Å². The van der Waals surface area contributed by atoms with Crippen LogP contribution in [0.5, 0.6) is 0 Å². The van der Waals surface area contributed by atoms with E-state index in [0.717, 1.165) is 23.3 Å². The van der Waals surface area contributed by atoms with E-state index in [9.17, 15) is 10.1 Å². The van der Waals surface area contributed by atoms with Crippen molar-refractivity contribution in [3.05, 3.63) is 21.7 Å². The highest BCUT2D eigenvalue weighted by Gasteiger charge is 2.45. The van der Waals surface area contributed by atoms with Crippen molar-refractivity contribution < 1.29 is 4.92 Å². The van der Waals surface area contributed by atoms with Crippen LogP contribution in [0.2, 0.25) is 0 Å². The fourth-order valence-corrected chi connectivity index (χ4v) is 5.87. The third kappa shape index (κ3) is 1.74. The van der Waals surface area contributed by atoms with Crippen LogP contribution in [-0.2, 0) is 0 Å². The molecule has 0 spiro atoms. The van der Waals surface area contributed by atoms with Crippen molar-refractivity contribution in [2.24, 2.45) is 17.8 Å². The van der Waals surface area contributed by atoms with Gasteiger partial charge in [-0.05, 0) is 54.8 Å². The SMILES string of the molecule is O=[N+]([O-])c1c(N2CC3CC4CC(C3)CC2C4)nc2sccn12. The largest absolute Gasteiger partial charge is 0.373 e. The molecule has 4 bridgehead atoms. The normalized spacial score (nSPS) is 33.5. The molecular formula is C15H18N4O2S. The van der Waals surface area contributed by atoms with Gasteiger partial charge < -0.3 is 15.0 Å². The molecule has 22 heavy (non-hydrogen) atoms. The van der Waals surface area contributed by atoms with Crippen LogP contribution < -0.4 is 4.90 Å². The molecule has 2 saturated carbocycles. The van der Waals surface area contributed by atoms with E-state index < -0.39 is 0 Å². The highest BCUT2D eigenvalue weighted by Crippen LogP contribution is 2.49. The number of nitrogens with zero attached hydrogens (tertiary/aromatic N) is 4. The molecule has 2 atom stereocenters. The van der Waals surface area contributed by atoms with Crippen molar-refractivity contribution in [3.63, 3.8) is 0 Å². The Morgan fingerprint density at radius 3 is 2.64 bits per heavy atom. The van der Waals surface area contributed by atoms with E-state index in [4.69, 9.17) is 0 Å². The molecule has 2 unspecified atom stereocenters. The Kier molecular flexibility index (Phi) is 2.60. The molecule has 6 nitrogen and oxygen atoms in total. The van der Waals surface area contributed by atoms with E-state index in [1.807, 2.05) is 5.38 Å². The van der Waals surface area contributed by atoms with E-state index in [2.05, 4.69) is 9.88 Å². The molecule has 4 fully saturated rings. The Morgan fingerprint density at radius 2 is 1.91 bits per heavy atom. The Balaban J connectivity index is 1.63. The fourth-order valence-electron chi connectivity index (χ4n) is 5.17. The van der Waals surface area contributed by atoms with Crippen molar-refractivity contribution in [2.45, 2.75) is 38.1 Å². The fraction of sp³-hybridized carbons (Fsp3) is 0.667. The van der Waals surface area contributed by atoms with Gasteiger partial charge in [0.05, 0.1) is 0 Å². The molecule has 2 aliphatic heterocycles. The predicted molar refractivity (Wildman–Crippen MR) is 84.4 cm³/mol. The van der Waals surface area contributed by atoms with Gasteiger partial charge in [0.1, 0.15) is 6.20 Å². The summed E-state index contributed by atoms with van der Waals surface area (Å²) in [6.45, 7) is 0.948. The van der Waals surface area contributed by atoms with E-state index >= 15 is 0 Å². The standard InChI is InChI=1S/C15H18N4O2S/c20-19(21)14-13(16-15-17(14)1-2-22-15)18-8-11-4-9-3-10(5-11)7-12(18)6-9/h1-2,9-12H,3-8H2. The summed E-state index contributed by atoms with van der Waals surface area (Å²) < 4.78 is 1.63. The zero-order valence-corrected chi connectivity index (χ0v) is 13.0. The molecule has 4 aliphatic rings. The van der Waals surface area contributed by atoms with Gasteiger partial charge in [-0.15, -0.1) is 0 Å². The van der Waals surface area contributed by atoms with Gasteiger partial charge >= 0.3 is 5.82 Å². The molecule has 0 aromatic carbocycles. The second kappa shape index (κ2) is 4.44. The van der Waals surface area contributed by atoms with E-state index in [-0.39, 0.29) is 10.7 Å². The van der Waals surface area contributed by atoms with Crippen LogP contribution in [0.1, 0.15) is 32.1 Å². The Hall–Kier alpha value is -1.63. The quantitative estimate of drug-likeness (QED) is 0.629. The highest BCUT2D eigenvalue weighted by atomic mass is 32.1. The number of imidazole rings is 1. The Morgan fingerprint density at radius 1 is 1.18 bits per heavy atom. The molecule has 2 saturated heterocycles. The summed E-state index contributed by atoms with van der Waals surface area (Å²) in [6.07, 6.45) is 8.13. The molecule has 7 heteroatoms. The third-order valence-corrected chi connectivity index (χ3v) is 6.53. The number of aromatic nitrogens is 2. The summed E-state index contributed by atoms with van der Waals surface area (Å²) in [4.78, 5) is 19.0. The molecule has 0 N–H and O–H groups in total. The van der Waals surface area contributed by atoms with Crippen molar-refractivity contribution in [2.75, 3.05) is 11.4 Å². The van der Waals surface area contributed by atoms with Gasteiger partial charge in [0.25, 0.3) is 4.96 Å². The lowest BCUT2D eigenvalue weighted by atomic mass is 9.68. The first-order valence-corrected chi connectivity index (χ1v) is 8.93. The minimum Gasteiger partial charge on any atom is -0.358 e. The second-order valence-corrected chi connectivity index (χ2v) is 8.03. The van der Waals surface area contributed by atoms with Crippen LogP contribution in [0, 0.1) is 27.9 Å². The number of anilines is 1. The lowest BCUT2D eigenvalue weighted by molar-refractivity contribution is -0.389. The van der Waals surface area contributed by atoms with Crippen molar-refractivity contribution in [1.82, 2.24) is 9.38 Å². The maximum atomic E-state index is 11.6. The Labute approximate surface area is 131 Å². The summed E-state index contributed by atoms with van der Waals surface area (Å²) in [5.41, 5.74) is 0. The number of hydrogen-bond acceptors (Lipinski definition) is 5. The van der Waals surface area contributed by atoms with Gasteiger partial charge in [0, 0.05) is 18.0 Å². The van der Waals surface area contributed by atoms with Crippen molar-refractivity contribution >= 4 is 27.9 Å². The smallest absolute Gasteiger partial charge is 0.358 e. The third-order valence-electron chi connectivity index (χ3n) is 5.77. The summed E-state index contributed by atoms with van der Waals surface area (Å²) in [5.74, 6) is 3.11. The lowest BCUT2D eigenvalue weighted by Crippen LogP contribution is -2.38. The lowest BCUT2D eigenvalue weighted by Gasteiger charge is -2.38. The maximum absolute atomic E-state index is 11.6. The van der Waals surface area contributed by atoms with Crippen LogP contribution >= 0.6 is 11.3 Å². The first-order chi connectivity index (χ1) is 10.7. The topological polar surface area (TPSA) is 63.7 Å². The molecule has 116 valence electrons.